The van der Waals surface area contributed by atoms with Crippen LogP contribution in [-0.2, 0) is 6.42 Å². The number of ether oxygens (including phenoxy) is 1. The Morgan fingerprint density at radius 3 is 2.25 bits per heavy atom. The summed E-state index contributed by atoms with van der Waals surface area (Å²) in [5.74, 6) is 0.913. The maximum Gasteiger partial charge on any atom is 0.121 e. The summed E-state index contributed by atoms with van der Waals surface area (Å²) in [6.45, 7) is 12.4. The van der Waals surface area contributed by atoms with Gasteiger partial charge in [-0.2, -0.15) is 5.10 Å². The molecule has 3 heteroatoms. The van der Waals surface area contributed by atoms with Crippen molar-refractivity contribution in [3.05, 3.63) is 40.7 Å². The van der Waals surface area contributed by atoms with Gasteiger partial charge in [-0.05, 0) is 56.5 Å². The van der Waals surface area contributed by atoms with E-state index in [4.69, 9.17) is 4.74 Å². The number of benzene rings is 1. The molecule has 1 heterocycles. The van der Waals surface area contributed by atoms with Gasteiger partial charge in [0.2, 0.25) is 0 Å². The first-order valence-corrected chi connectivity index (χ1v) is 7.28. The van der Waals surface area contributed by atoms with Crippen molar-refractivity contribution in [1.29, 1.82) is 0 Å². The van der Waals surface area contributed by atoms with Gasteiger partial charge in [-0.25, -0.2) is 4.68 Å². The highest BCUT2D eigenvalue weighted by molar-refractivity contribution is 5.45. The van der Waals surface area contributed by atoms with Gasteiger partial charge < -0.3 is 4.74 Å². The second kappa shape index (κ2) is 7.13. The Kier molecular flexibility index (Phi) is 5.81. The highest BCUT2D eigenvalue weighted by Gasteiger charge is 2.11. The summed E-state index contributed by atoms with van der Waals surface area (Å²) < 4.78 is 7.30. The van der Waals surface area contributed by atoms with Crippen LogP contribution in [0.5, 0.6) is 5.75 Å². The van der Waals surface area contributed by atoms with Crippen LogP contribution >= 0.6 is 0 Å². The molecule has 0 aliphatic carbocycles. The Morgan fingerprint density at radius 2 is 1.80 bits per heavy atom. The van der Waals surface area contributed by atoms with Crippen LogP contribution in [0.2, 0.25) is 0 Å². The molecule has 1 aromatic carbocycles. The van der Waals surface area contributed by atoms with Crippen LogP contribution in [0, 0.1) is 20.8 Å². The Bertz CT molecular complexity index is 571. The molecule has 1 aromatic heterocycles. The number of hydrogen-bond donors (Lipinski definition) is 0. The molecule has 0 unspecified atom stereocenters. The zero-order valence-corrected chi connectivity index (χ0v) is 13.7. The van der Waals surface area contributed by atoms with Crippen molar-refractivity contribution >= 4 is 0 Å². The van der Waals surface area contributed by atoms with Crippen molar-refractivity contribution in [2.24, 2.45) is 0 Å². The van der Waals surface area contributed by atoms with Crippen LogP contribution in [0.25, 0.3) is 5.69 Å². The van der Waals surface area contributed by atoms with Crippen LogP contribution in [0.4, 0.5) is 0 Å². The smallest absolute Gasteiger partial charge is 0.121 e. The summed E-state index contributed by atoms with van der Waals surface area (Å²) >= 11 is 0. The lowest BCUT2D eigenvalue weighted by atomic mass is 10.1. The summed E-state index contributed by atoms with van der Waals surface area (Å²) in [5.41, 5.74) is 5.89. The van der Waals surface area contributed by atoms with Gasteiger partial charge in [0.1, 0.15) is 5.75 Å². The molecule has 2 rings (SSSR count). The van der Waals surface area contributed by atoms with Gasteiger partial charge >= 0.3 is 0 Å². The zero-order valence-electron chi connectivity index (χ0n) is 13.7. The topological polar surface area (TPSA) is 27.1 Å². The molecule has 20 heavy (non-hydrogen) atoms. The summed E-state index contributed by atoms with van der Waals surface area (Å²) in [7, 11) is 1.69. The highest BCUT2D eigenvalue weighted by atomic mass is 16.5. The average Bonchev–Trinajstić information content (AvgIpc) is 2.75. The van der Waals surface area contributed by atoms with E-state index in [1.165, 1.54) is 11.3 Å². The van der Waals surface area contributed by atoms with Gasteiger partial charge in [0, 0.05) is 5.69 Å². The molecular formula is C17H26N2O. The molecular weight excluding hydrogens is 248 g/mol. The SMILES string of the molecule is CC.CCc1c(C)nn(-c2ccc(OC)c(C)c2)c1C. The highest BCUT2D eigenvalue weighted by Crippen LogP contribution is 2.23. The number of aryl methyl sites for hydroxylation is 2. The summed E-state index contributed by atoms with van der Waals surface area (Å²) in [5, 5.41) is 4.62. The van der Waals surface area contributed by atoms with E-state index < -0.39 is 0 Å². The molecule has 0 saturated heterocycles. The van der Waals surface area contributed by atoms with E-state index in [9.17, 15) is 0 Å². The molecule has 0 spiro atoms. The monoisotopic (exact) mass is 274 g/mol. The summed E-state index contributed by atoms with van der Waals surface area (Å²) in [6, 6.07) is 6.15. The van der Waals surface area contributed by atoms with E-state index in [0.717, 1.165) is 29.1 Å². The fourth-order valence-corrected chi connectivity index (χ4v) is 2.43. The van der Waals surface area contributed by atoms with Crippen LogP contribution in [0.1, 0.15) is 43.3 Å². The molecule has 0 aliphatic heterocycles. The van der Waals surface area contributed by atoms with Crippen LogP contribution in [0.3, 0.4) is 0 Å². The molecule has 0 bridgehead atoms. The molecule has 0 N–H and O–H groups in total. The van der Waals surface area contributed by atoms with E-state index in [-0.39, 0.29) is 0 Å². The lowest BCUT2D eigenvalue weighted by Crippen LogP contribution is -2.00. The van der Waals surface area contributed by atoms with E-state index >= 15 is 0 Å². The summed E-state index contributed by atoms with van der Waals surface area (Å²) in [4.78, 5) is 0. The van der Waals surface area contributed by atoms with E-state index in [1.807, 2.05) is 30.7 Å². The van der Waals surface area contributed by atoms with Gasteiger partial charge in [-0.1, -0.05) is 20.8 Å². The average molecular weight is 274 g/mol. The second-order valence-electron chi connectivity index (χ2n) is 4.57. The minimum Gasteiger partial charge on any atom is -0.496 e. The van der Waals surface area contributed by atoms with Crippen LogP contribution in [-0.4, -0.2) is 16.9 Å². The normalized spacial score (nSPS) is 9.95. The van der Waals surface area contributed by atoms with Crippen molar-refractivity contribution in [3.8, 4) is 11.4 Å². The fraction of sp³-hybridized carbons (Fsp3) is 0.471. The van der Waals surface area contributed by atoms with E-state index in [0.29, 0.717) is 0 Å². The number of rotatable bonds is 3. The maximum absolute atomic E-state index is 5.29. The maximum atomic E-state index is 5.29. The van der Waals surface area contributed by atoms with Crippen molar-refractivity contribution in [2.45, 2.75) is 48.0 Å². The van der Waals surface area contributed by atoms with Gasteiger partial charge in [-0.3, -0.25) is 0 Å². The number of aromatic nitrogens is 2. The quantitative estimate of drug-likeness (QED) is 0.829. The molecule has 0 radical (unpaired) electrons. The zero-order chi connectivity index (χ0) is 15.3. The van der Waals surface area contributed by atoms with Crippen molar-refractivity contribution < 1.29 is 4.74 Å². The molecule has 110 valence electrons. The Balaban J connectivity index is 0.000000956. The summed E-state index contributed by atoms with van der Waals surface area (Å²) in [6.07, 6.45) is 1.02. The first-order valence-electron chi connectivity index (χ1n) is 7.28. The first-order chi connectivity index (χ1) is 9.58. The molecule has 0 aliphatic rings. The largest absolute Gasteiger partial charge is 0.496 e. The van der Waals surface area contributed by atoms with E-state index in [1.54, 1.807) is 7.11 Å². The first kappa shape index (κ1) is 16.3. The predicted molar refractivity (Wildman–Crippen MR) is 85.1 cm³/mol. The third kappa shape index (κ3) is 3.03. The number of methoxy groups -OCH3 is 1. The van der Waals surface area contributed by atoms with Crippen LogP contribution in [0.15, 0.2) is 18.2 Å². The molecule has 2 aromatic rings. The second-order valence-corrected chi connectivity index (χ2v) is 4.57. The van der Waals surface area contributed by atoms with Gasteiger partial charge in [0.25, 0.3) is 0 Å². The van der Waals surface area contributed by atoms with Crippen molar-refractivity contribution in [1.82, 2.24) is 9.78 Å². The van der Waals surface area contributed by atoms with Crippen LogP contribution < -0.4 is 4.74 Å². The van der Waals surface area contributed by atoms with Crippen molar-refractivity contribution in [3.63, 3.8) is 0 Å². The lowest BCUT2D eigenvalue weighted by Gasteiger charge is -2.09. The fourth-order valence-electron chi connectivity index (χ4n) is 2.43. The molecule has 0 amide bonds. The molecule has 3 nitrogen and oxygen atoms in total. The third-order valence-corrected chi connectivity index (χ3v) is 3.42. The molecule has 0 fully saturated rings. The Morgan fingerprint density at radius 1 is 1.15 bits per heavy atom. The van der Waals surface area contributed by atoms with E-state index in [2.05, 4.69) is 38.9 Å². The van der Waals surface area contributed by atoms with Crippen molar-refractivity contribution in [2.75, 3.05) is 7.11 Å². The van der Waals surface area contributed by atoms with Gasteiger partial charge in [-0.15, -0.1) is 0 Å². The predicted octanol–water partition coefficient (Wildman–Crippen LogP) is 4.39. The number of nitrogens with zero attached hydrogens (tertiary/aromatic N) is 2. The van der Waals surface area contributed by atoms with Gasteiger partial charge in [0.15, 0.2) is 0 Å². The molecule has 0 saturated carbocycles. The Labute approximate surface area is 122 Å². The lowest BCUT2D eigenvalue weighted by molar-refractivity contribution is 0.411. The molecule has 0 atom stereocenters. The standard InChI is InChI=1S/C15H20N2O.C2H6/c1-6-14-11(3)16-17(12(14)4)13-7-8-15(18-5)10(2)9-13;1-2/h7-9H,6H2,1-5H3;1-2H3. The Hall–Kier alpha value is -1.77. The number of hydrogen-bond acceptors (Lipinski definition) is 2. The van der Waals surface area contributed by atoms with Gasteiger partial charge in [0.05, 0.1) is 18.5 Å². The third-order valence-electron chi connectivity index (χ3n) is 3.42. The minimum absolute atomic E-state index is 0.913. The minimum atomic E-state index is 0.913.